The zero-order valence-corrected chi connectivity index (χ0v) is 26.0. The summed E-state index contributed by atoms with van der Waals surface area (Å²) in [5.74, 6) is 1.24. The lowest BCUT2D eigenvalue weighted by molar-refractivity contribution is 0.453. The van der Waals surface area contributed by atoms with E-state index in [1.807, 2.05) is 109 Å². The standard InChI is InChI=1S/C42H28B2O4/c45-39-33-21-9-1-13-25(33)27-15-3-11-23-35(27)41(39)47-43-37-29-17-5-7-19-31(29)38(32-20-8-6-18-30(32)37)44-48-42-36-24-12-4-16-28(36)26-14-2-10-22-34(26)40(42)46/h1-24,43-46H. The van der Waals surface area contributed by atoms with Gasteiger partial charge >= 0.3 is 15.0 Å². The Morgan fingerprint density at radius 2 is 0.521 bits per heavy atom. The van der Waals surface area contributed by atoms with E-state index in [4.69, 9.17) is 9.31 Å². The number of hydrogen-bond acceptors (Lipinski definition) is 4. The summed E-state index contributed by atoms with van der Waals surface area (Å²) in [4.78, 5) is 0. The zero-order chi connectivity index (χ0) is 32.2. The van der Waals surface area contributed by atoms with Crippen LogP contribution < -0.4 is 20.2 Å². The van der Waals surface area contributed by atoms with Crippen LogP contribution in [-0.2, 0) is 0 Å². The highest BCUT2D eigenvalue weighted by Crippen LogP contribution is 2.44. The maximum atomic E-state index is 11.5. The van der Waals surface area contributed by atoms with E-state index in [-0.39, 0.29) is 26.5 Å². The van der Waals surface area contributed by atoms with Gasteiger partial charge in [-0.3, -0.25) is 0 Å². The van der Waals surface area contributed by atoms with Gasteiger partial charge in [0.05, 0.1) is 0 Å². The molecule has 226 valence electrons. The fourth-order valence-electron chi connectivity index (χ4n) is 7.38. The van der Waals surface area contributed by atoms with Crippen LogP contribution in [0.5, 0.6) is 23.0 Å². The lowest BCUT2D eigenvalue weighted by Gasteiger charge is -2.19. The van der Waals surface area contributed by atoms with Gasteiger partial charge in [0.25, 0.3) is 0 Å². The molecule has 6 heteroatoms. The molecule has 0 atom stereocenters. The molecule has 0 spiro atoms. The van der Waals surface area contributed by atoms with E-state index in [0.717, 1.165) is 75.6 Å². The lowest BCUT2D eigenvalue weighted by Crippen LogP contribution is -2.29. The minimum atomic E-state index is 0.144. The van der Waals surface area contributed by atoms with E-state index in [1.165, 1.54) is 0 Å². The van der Waals surface area contributed by atoms with Gasteiger partial charge in [0.1, 0.15) is 0 Å². The van der Waals surface area contributed by atoms with Crippen molar-refractivity contribution in [2.45, 2.75) is 0 Å². The molecule has 0 unspecified atom stereocenters. The summed E-state index contributed by atoms with van der Waals surface area (Å²) in [7, 11) is 0.516. The summed E-state index contributed by atoms with van der Waals surface area (Å²) in [6.45, 7) is 0. The van der Waals surface area contributed by atoms with E-state index in [2.05, 4.69) is 36.4 Å². The largest absolute Gasteiger partial charge is 0.556 e. The summed E-state index contributed by atoms with van der Waals surface area (Å²) < 4.78 is 13.2. The van der Waals surface area contributed by atoms with Crippen LogP contribution in [0.1, 0.15) is 0 Å². The molecule has 0 saturated heterocycles. The second-order valence-electron chi connectivity index (χ2n) is 12.2. The van der Waals surface area contributed by atoms with Crippen LogP contribution in [0.2, 0.25) is 0 Å². The number of aromatic hydroxyl groups is 2. The van der Waals surface area contributed by atoms with Gasteiger partial charge < -0.3 is 19.5 Å². The maximum absolute atomic E-state index is 11.5. The topological polar surface area (TPSA) is 58.9 Å². The third-order valence-electron chi connectivity index (χ3n) is 9.59. The zero-order valence-electron chi connectivity index (χ0n) is 26.0. The van der Waals surface area contributed by atoms with Gasteiger partial charge in [-0.05, 0) is 54.0 Å². The van der Waals surface area contributed by atoms with E-state index < -0.39 is 0 Å². The average Bonchev–Trinajstić information content (AvgIpc) is 3.15. The van der Waals surface area contributed by atoms with Crippen LogP contribution in [0.25, 0.3) is 64.6 Å². The Kier molecular flexibility index (Phi) is 6.61. The normalized spacial score (nSPS) is 11.5. The van der Waals surface area contributed by atoms with E-state index in [0.29, 0.717) is 11.5 Å². The number of benzene rings is 9. The van der Waals surface area contributed by atoms with Crippen molar-refractivity contribution < 1.29 is 19.5 Å². The predicted molar refractivity (Wildman–Crippen MR) is 203 cm³/mol. The summed E-state index contributed by atoms with van der Waals surface area (Å²) in [6, 6.07) is 48.5. The summed E-state index contributed by atoms with van der Waals surface area (Å²) in [5.41, 5.74) is 2.06. The number of phenols is 2. The molecule has 0 saturated carbocycles. The summed E-state index contributed by atoms with van der Waals surface area (Å²) in [5, 5.41) is 34.5. The number of hydrogen-bond donors (Lipinski definition) is 2. The molecule has 4 nitrogen and oxygen atoms in total. The average molecular weight is 618 g/mol. The van der Waals surface area contributed by atoms with Gasteiger partial charge in [-0.25, -0.2) is 0 Å². The van der Waals surface area contributed by atoms with Gasteiger partial charge in [-0.15, -0.1) is 0 Å². The summed E-state index contributed by atoms with van der Waals surface area (Å²) >= 11 is 0. The molecule has 0 aliphatic rings. The highest BCUT2D eigenvalue weighted by molar-refractivity contribution is 6.63. The van der Waals surface area contributed by atoms with Gasteiger partial charge in [-0.1, -0.05) is 146 Å². The van der Waals surface area contributed by atoms with Gasteiger partial charge in [0.2, 0.25) is 0 Å². The van der Waals surface area contributed by atoms with E-state index in [1.54, 1.807) is 0 Å². The molecule has 9 rings (SSSR count). The van der Waals surface area contributed by atoms with Gasteiger partial charge in [0.15, 0.2) is 23.0 Å². The summed E-state index contributed by atoms with van der Waals surface area (Å²) in [6.07, 6.45) is 0. The second kappa shape index (κ2) is 11.3. The van der Waals surface area contributed by atoms with Crippen molar-refractivity contribution in [2.75, 3.05) is 0 Å². The van der Waals surface area contributed by atoms with Crippen molar-refractivity contribution in [3.63, 3.8) is 0 Å². The van der Waals surface area contributed by atoms with Crippen LogP contribution in [0.4, 0.5) is 0 Å². The lowest BCUT2D eigenvalue weighted by atomic mass is 9.72. The fraction of sp³-hybridized carbons (Fsp3) is 0. The molecule has 9 aromatic carbocycles. The molecule has 0 amide bonds. The third kappa shape index (κ3) is 4.34. The Labute approximate surface area is 277 Å². The minimum Gasteiger partial charge on any atom is -0.556 e. The van der Waals surface area contributed by atoms with Gasteiger partial charge in [-0.2, -0.15) is 0 Å². The van der Waals surface area contributed by atoms with Crippen LogP contribution in [0, 0.1) is 0 Å². The molecule has 2 N–H and O–H groups in total. The number of fused-ring (bicyclic) bond motifs is 8. The Morgan fingerprint density at radius 3 is 0.833 bits per heavy atom. The first-order valence-electron chi connectivity index (χ1n) is 16.1. The number of phenolic OH excluding ortho intramolecular Hbond substituents is 2. The molecule has 0 heterocycles. The molecule has 48 heavy (non-hydrogen) atoms. The minimum absolute atomic E-state index is 0.144. The van der Waals surface area contributed by atoms with E-state index >= 15 is 0 Å². The van der Waals surface area contributed by atoms with Crippen molar-refractivity contribution in [3.05, 3.63) is 146 Å². The van der Waals surface area contributed by atoms with Crippen LogP contribution >= 0.6 is 0 Å². The smallest absolute Gasteiger partial charge is 0.375 e. The third-order valence-corrected chi connectivity index (χ3v) is 9.59. The first-order chi connectivity index (χ1) is 23.7. The Bertz CT molecular complexity index is 2480. The molecule has 9 aromatic rings. The Hall–Kier alpha value is -6.13. The Balaban J connectivity index is 1.17. The highest BCUT2D eigenvalue weighted by Gasteiger charge is 2.21. The van der Waals surface area contributed by atoms with Crippen molar-refractivity contribution >= 4 is 90.5 Å². The molecule has 0 aliphatic heterocycles. The molecule has 0 aromatic heterocycles. The SMILES string of the molecule is Oc1c(OBc2c3ccccc3c(BOc3c(O)c4ccccc4c4ccccc34)c3ccccc23)c2ccccc2c2ccccc12. The van der Waals surface area contributed by atoms with Gasteiger partial charge in [0, 0.05) is 21.5 Å². The van der Waals surface area contributed by atoms with Crippen LogP contribution in [0.3, 0.4) is 0 Å². The molecule has 0 fully saturated rings. The quantitative estimate of drug-likeness (QED) is 0.112. The molecular formula is C42H28B2O4. The molecule has 0 bridgehead atoms. The fourth-order valence-corrected chi connectivity index (χ4v) is 7.38. The monoisotopic (exact) mass is 618 g/mol. The van der Waals surface area contributed by atoms with Crippen LogP contribution in [0.15, 0.2) is 146 Å². The molecular weight excluding hydrogens is 590 g/mol. The van der Waals surface area contributed by atoms with Crippen molar-refractivity contribution in [2.24, 2.45) is 0 Å². The molecule has 0 radical (unpaired) electrons. The van der Waals surface area contributed by atoms with Crippen molar-refractivity contribution in [3.8, 4) is 23.0 Å². The van der Waals surface area contributed by atoms with Crippen molar-refractivity contribution in [1.82, 2.24) is 0 Å². The first kappa shape index (κ1) is 28.1. The van der Waals surface area contributed by atoms with Crippen molar-refractivity contribution in [1.29, 1.82) is 0 Å². The maximum Gasteiger partial charge on any atom is 0.375 e. The Morgan fingerprint density at radius 1 is 0.292 bits per heavy atom. The second-order valence-corrected chi connectivity index (χ2v) is 12.2. The highest BCUT2D eigenvalue weighted by atomic mass is 16.4. The van der Waals surface area contributed by atoms with Crippen LogP contribution in [-0.4, -0.2) is 25.2 Å². The molecule has 0 aliphatic carbocycles. The first-order valence-corrected chi connectivity index (χ1v) is 16.1. The predicted octanol–water partition coefficient (Wildman–Crippen LogP) is 8.13. The number of rotatable bonds is 6. The van der Waals surface area contributed by atoms with E-state index in [9.17, 15) is 10.2 Å².